The zero-order valence-corrected chi connectivity index (χ0v) is 15.4. The van der Waals surface area contributed by atoms with Gasteiger partial charge in [0.25, 0.3) is 0 Å². The Morgan fingerprint density at radius 1 is 1.31 bits per heavy atom. The lowest BCUT2D eigenvalue weighted by molar-refractivity contribution is -0.119. The SMILES string of the molecule is CC(=O)NC[C@H]1CN(c2ccc(-n3cc(-c4ccccn4)nn3)c(F)c2)C(=O)O1. The number of carbonyl (C=O) groups excluding carboxylic acids is 2. The highest BCUT2D eigenvalue weighted by Gasteiger charge is 2.32. The van der Waals surface area contributed by atoms with Crippen LogP contribution in [0.5, 0.6) is 0 Å². The Morgan fingerprint density at radius 3 is 2.90 bits per heavy atom. The van der Waals surface area contributed by atoms with Crippen molar-refractivity contribution in [1.29, 1.82) is 0 Å². The predicted molar refractivity (Wildman–Crippen MR) is 101 cm³/mol. The monoisotopic (exact) mass is 396 g/mol. The predicted octanol–water partition coefficient (Wildman–Crippen LogP) is 1.93. The Morgan fingerprint density at radius 2 is 2.17 bits per heavy atom. The largest absolute Gasteiger partial charge is 0.442 e. The van der Waals surface area contributed by atoms with Crippen molar-refractivity contribution in [2.75, 3.05) is 18.0 Å². The van der Waals surface area contributed by atoms with E-state index in [0.29, 0.717) is 17.1 Å². The van der Waals surface area contributed by atoms with Gasteiger partial charge in [-0.1, -0.05) is 11.3 Å². The van der Waals surface area contributed by atoms with E-state index in [1.54, 1.807) is 30.6 Å². The topological polar surface area (TPSA) is 102 Å². The molecule has 10 heteroatoms. The number of hydrogen-bond donors (Lipinski definition) is 1. The highest BCUT2D eigenvalue weighted by Crippen LogP contribution is 2.25. The zero-order valence-electron chi connectivity index (χ0n) is 15.4. The molecule has 2 amide bonds. The fourth-order valence-electron chi connectivity index (χ4n) is 2.96. The summed E-state index contributed by atoms with van der Waals surface area (Å²) in [4.78, 5) is 28.6. The normalized spacial score (nSPS) is 16.0. The molecule has 1 aliphatic heterocycles. The van der Waals surface area contributed by atoms with Gasteiger partial charge in [-0.2, -0.15) is 0 Å². The van der Waals surface area contributed by atoms with Crippen LogP contribution in [-0.4, -0.2) is 51.2 Å². The number of anilines is 1. The standard InChI is InChI=1S/C19H17FN6O3/c1-12(27)22-9-14-10-25(19(28)29-14)13-5-6-18(15(20)8-13)26-11-17(23-24-26)16-4-2-3-7-21-16/h2-8,11,14H,9-10H2,1H3,(H,22,27)/t14-/m0/s1. The molecule has 0 radical (unpaired) electrons. The smallest absolute Gasteiger partial charge is 0.414 e. The molecule has 0 aliphatic carbocycles. The molecule has 1 saturated heterocycles. The molecule has 1 aliphatic rings. The third kappa shape index (κ3) is 3.91. The Balaban J connectivity index is 1.52. The van der Waals surface area contributed by atoms with Crippen molar-refractivity contribution in [3.8, 4) is 17.1 Å². The first-order valence-corrected chi connectivity index (χ1v) is 8.87. The summed E-state index contributed by atoms with van der Waals surface area (Å²) in [6, 6.07) is 9.74. The minimum Gasteiger partial charge on any atom is -0.442 e. The lowest BCUT2D eigenvalue weighted by Crippen LogP contribution is -2.33. The first kappa shape index (κ1) is 18.5. The van der Waals surface area contributed by atoms with Crippen LogP contribution in [0.1, 0.15) is 6.92 Å². The van der Waals surface area contributed by atoms with E-state index in [9.17, 15) is 14.0 Å². The van der Waals surface area contributed by atoms with Crippen molar-refractivity contribution in [3.63, 3.8) is 0 Å². The van der Waals surface area contributed by atoms with E-state index in [1.165, 1.54) is 28.6 Å². The summed E-state index contributed by atoms with van der Waals surface area (Å²) < 4.78 is 21.3. The second-order valence-electron chi connectivity index (χ2n) is 6.45. The summed E-state index contributed by atoms with van der Waals surface area (Å²) in [5, 5.41) is 10.6. The molecule has 4 rings (SSSR count). The number of benzene rings is 1. The molecule has 0 bridgehead atoms. The van der Waals surface area contributed by atoms with Crippen LogP contribution in [0.3, 0.4) is 0 Å². The molecule has 1 atom stereocenters. The molecule has 2 aromatic heterocycles. The van der Waals surface area contributed by atoms with Crippen LogP contribution in [0.2, 0.25) is 0 Å². The number of nitrogens with zero attached hydrogens (tertiary/aromatic N) is 5. The third-order valence-corrected chi connectivity index (χ3v) is 4.36. The second kappa shape index (κ2) is 7.66. The number of ether oxygens (including phenoxy) is 1. The van der Waals surface area contributed by atoms with E-state index in [4.69, 9.17) is 4.74 Å². The zero-order chi connectivity index (χ0) is 20.4. The van der Waals surface area contributed by atoms with Gasteiger partial charge in [-0.15, -0.1) is 5.10 Å². The number of amides is 2. The van der Waals surface area contributed by atoms with Crippen LogP contribution in [0.15, 0.2) is 48.8 Å². The number of cyclic esters (lactones) is 1. The average Bonchev–Trinajstić information content (AvgIpc) is 3.34. The summed E-state index contributed by atoms with van der Waals surface area (Å²) >= 11 is 0. The summed E-state index contributed by atoms with van der Waals surface area (Å²) in [6.07, 6.45) is 2.13. The molecule has 29 heavy (non-hydrogen) atoms. The number of aromatic nitrogens is 4. The van der Waals surface area contributed by atoms with Crippen molar-refractivity contribution < 1.29 is 18.7 Å². The van der Waals surface area contributed by atoms with Gasteiger partial charge in [0.15, 0.2) is 5.82 Å². The molecule has 1 aromatic carbocycles. The van der Waals surface area contributed by atoms with Crippen LogP contribution >= 0.6 is 0 Å². The molecule has 3 heterocycles. The van der Waals surface area contributed by atoms with Crippen molar-refractivity contribution in [2.24, 2.45) is 0 Å². The number of pyridine rings is 1. The van der Waals surface area contributed by atoms with Gasteiger partial charge in [0.1, 0.15) is 17.5 Å². The fraction of sp³-hybridized carbons (Fsp3) is 0.211. The lowest BCUT2D eigenvalue weighted by atomic mass is 10.2. The van der Waals surface area contributed by atoms with Crippen LogP contribution in [-0.2, 0) is 9.53 Å². The lowest BCUT2D eigenvalue weighted by Gasteiger charge is -2.14. The second-order valence-corrected chi connectivity index (χ2v) is 6.45. The first-order chi connectivity index (χ1) is 14.0. The molecule has 1 N–H and O–H groups in total. The van der Waals surface area contributed by atoms with E-state index in [1.807, 2.05) is 6.07 Å². The number of nitrogens with one attached hydrogen (secondary N) is 1. The van der Waals surface area contributed by atoms with Crippen molar-refractivity contribution in [3.05, 3.63) is 54.6 Å². The van der Waals surface area contributed by atoms with Crippen LogP contribution in [0.25, 0.3) is 17.1 Å². The van der Waals surface area contributed by atoms with E-state index < -0.39 is 18.0 Å². The summed E-state index contributed by atoms with van der Waals surface area (Å²) in [5.74, 6) is -0.786. The van der Waals surface area contributed by atoms with Gasteiger partial charge < -0.3 is 10.1 Å². The molecule has 0 unspecified atom stereocenters. The summed E-state index contributed by atoms with van der Waals surface area (Å²) in [7, 11) is 0. The molecule has 0 saturated carbocycles. The maximum atomic E-state index is 14.7. The Labute approximate surface area is 165 Å². The summed E-state index contributed by atoms with van der Waals surface area (Å²) in [5.41, 5.74) is 1.68. The van der Waals surface area contributed by atoms with Gasteiger partial charge in [0, 0.05) is 13.1 Å². The van der Waals surface area contributed by atoms with E-state index in [2.05, 4.69) is 20.6 Å². The van der Waals surface area contributed by atoms with Gasteiger partial charge in [-0.05, 0) is 30.3 Å². The highest BCUT2D eigenvalue weighted by molar-refractivity contribution is 5.90. The van der Waals surface area contributed by atoms with Crippen LogP contribution < -0.4 is 10.2 Å². The Kier molecular flexibility index (Phi) is 4.90. The molecular weight excluding hydrogens is 379 g/mol. The average molecular weight is 396 g/mol. The fourth-order valence-corrected chi connectivity index (χ4v) is 2.96. The van der Waals surface area contributed by atoms with Crippen molar-refractivity contribution >= 4 is 17.7 Å². The Hall–Kier alpha value is -3.82. The summed E-state index contributed by atoms with van der Waals surface area (Å²) in [6.45, 7) is 1.80. The Bertz CT molecular complexity index is 1060. The van der Waals surface area contributed by atoms with E-state index in [0.717, 1.165) is 0 Å². The van der Waals surface area contributed by atoms with E-state index in [-0.39, 0.29) is 24.7 Å². The number of hydrogen-bond acceptors (Lipinski definition) is 6. The van der Waals surface area contributed by atoms with Crippen molar-refractivity contribution in [2.45, 2.75) is 13.0 Å². The van der Waals surface area contributed by atoms with Gasteiger partial charge in [0.05, 0.1) is 30.7 Å². The maximum Gasteiger partial charge on any atom is 0.414 e. The van der Waals surface area contributed by atoms with Gasteiger partial charge in [-0.25, -0.2) is 13.9 Å². The molecule has 0 spiro atoms. The van der Waals surface area contributed by atoms with Gasteiger partial charge >= 0.3 is 6.09 Å². The third-order valence-electron chi connectivity index (χ3n) is 4.36. The molecule has 9 nitrogen and oxygen atoms in total. The van der Waals surface area contributed by atoms with Gasteiger partial charge in [-0.3, -0.25) is 14.7 Å². The maximum absolute atomic E-state index is 14.7. The molecule has 148 valence electrons. The molecular formula is C19H17FN6O3. The molecule has 3 aromatic rings. The number of carbonyl (C=O) groups is 2. The number of rotatable bonds is 5. The first-order valence-electron chi connectivity index (χ1n) is 8.87. The minimum absolute atomic E-state index is 0.186. The number of halogens is 1. The van der Waals surface area contributed by atoms with Gasteiger partial charge in [0.2, 0.25) is 5.91 Å². The molecule has 1 fully saturated rings. The van der Waals surface area contributed by atoms with Crippen LogP contribution in [0.4, 0.5) is 14.9 Å². The quantitative estimate of drug-likeness (QED) is 0.707. The van der Waals surface area contributed by atoms with E-state index >= 15 is 0 Å². The van der Waals surface area contributed by atoms with Crippen molar-refractivity contribution in [1.82, 2.24) is 25.3 Å². The highest BCUT2D eigenvalue weighted by atomic mass is 19.1. The minimum atomic E-state index is -0.592. The van der Waals surface area contributed by atoms with Crippen LogP contribution in [0, 0.1) is 5.82 Å².